The van der Waals surface area contributed by atoms with Gasteiger partial charge in [0, 0.05) is 23.7 Å². The molecule has 0 aliphatic carbocycles. The van der Waals surface area contributed by atoms with Gasteiger partial charge in [0.2, 0.25) is 0 Å². The Balaban J connectivity index is 1.96. The van der Waals surface area contributed by atoms with Gasteiger partial charge in [-0.05, 0) is 29.8 Å². The monoisotopic (exact) mass is 358 g/mol. The molecule has 2 aromatic rings. The molecule has 0 spiro atoms. The van der Waals surface area contributed by atoms with Crippen LogP contribution in [-0.4, -0.2) is 33.9 Å². The van der Waals surface area contributed by atoms with Crippen LogP contribution in [-0.2, 0) is 5.41 Å². The molecule has 0 radical (unpaired) electrons. The number of carbonyl (C=O) groups excluding carboxylic acids is 1. The van der Waals surface area contributed by atoms with Crippen molar-refractivity contribution in [1.82, 2.24) is 5.32 Å². The van der Waals surface area contributed by atoms with Crippen LogP contribution >= 0.6 is 0 Å². The van der Waals surface area contributed by atoms with Crippen LogP contribution in [0.1, 0.15) is 19.4 Å². The van der Waals surface area contributed by atoms with E-state index < -0.39 is 0 Å². The van der Waals surface area contributed by atoms with E-state index in [-0.39, 0.29) is 11.4 Å². The van der Waals surface area contributed by atoms with E-state index in [4.69, 9.17) is 14.2 Å². The molecule has 0 heterocycles. The van der Waals surface area contributed by atoms with Crippen molar-refractivity contribution < 1.29 is 19.0 Å². The lowest BCUT2D eigenvalue weighted by atomic mass is 9.84. The summed E-state index contributed by atoms with van der Waals surface area (Å²) >= 11 is 0. The minimum absolute atomic E-state index is 0.221. The number of urea groups is 1. The van der Waals surface area contributed by atoms with Crippen LogP contribution in [0.15, 0.2) is 42.5 Å². The van der Waals surface area contributed by atoms with E-state index in [1.165, 1.54) is 0 Å². The maximum Gasteiger partial charge on any atom is 0.319 e. The number of hydrogen-bond acceptors (Lipinski definition) is 4. The summed E-state index contributed by atoms with van der Waals surface area (Å²) in [6.07, 6.45) is 0. The molecule has 6 nitrogen and oxygen atoms in total. The standard InChI is InChI=1S/C20H26N2O4/c1-20(2,14-6-9-16(24-3)10-7-14)13-21-19(23)22-15-8-11-17(25-4)18(12-15)26-5/h6-12H,13H2,1-5H3,(H2,21,22,23). The predicted molar refractivity (Wildman–Crippen MR) is 103 cm³/mol. The molecule has 2 N–H and O–H groups in total. The summed E-state index contributed by atoms with van der Waals surface area (Å²) in [7, 11) is 4.76. The van der Waals surface area contributed by atoms with Crippen LogP contribution in [0.3, 0.4) is 0 Å². The molecule has 0 unspecified atom stereocenters. The first-order valence-electron chi connectivity index (χ1n) is 8.31. The van der Waals surface area contributed by atoms with Crippen molar-refractivity contribution in [3.8, 4) is 17.2 Å². The highest BCUT2D eigenvalue weighted by Crippen LogP contribution is 2.29. The Hall–Kier alpha value is -2.89. The molecule has 0 bridgehead atoms. The number of amides is 2. The number of benzene rings is 2. The van der Waals surface area contributed by atoms with Crippen molar-refractivity contribution in [2.24, 2.45) is 0 Å². The summed E-state index contributed by atoms with van der Waals surface area (Å²) in [5.41, 5.74) is 1.52. The number of hydrogen-bond donors (Lipinski definition) is 2. The van der Waals surface area contributed by atoms with Crippen LogP contribution in [0.5, 0.6) is 17.2 Å². The zero-order valence-electron chi connectivity index (χ0n) is 15.9. The second-order valence-corrected chi connectivity index (χ2v) is 6.49. The maximum atomic E-state index is 12.2. The van der Waals surface area contributed by atoms with Gasteiger partial charge in [0.15, 0.2) is 11.5 Å². The van der Waals surface area contributed by atoms with Crippen LogP contribution in [0, 0.1) is 0 Å². The fourth-order valence-corrected chi connectivity index (χ4v) is 2.53. The quantitative estimate of drug-likeness (QED) is 0.790. The van der Waals surface area contributed by atoms with Gasteiger partial charge in [-0.25, -0.2) is 4.79 Å². The fraction of sp³-hybridized carbons (Fsp3) is 0.350. The van der Waals surface area contributed by atoms with Gasteiger partial charge in [-0.15, -0.1) is 0 Å². The lowest BCUT2D eigenvalue weighted by molar-refractivity contribution is 0.249. The van der Waals surface area contributed by atoms with Gasteiger partial charge >= 0.3 is 6.03 Å². The Bertz CT molecular complexity index is 742. The molecular weight excluding hydrogens is 332 g/mol. The zero-order chi connectivity index (χ0) is 19.2. The number of methoxy groups -OCH3 is 3. The van der Waals surface area contributed by atoms with E-state index in [1.54, 1.807) is 39.5 Å². The van der Waals surface area contributed by atoms with E-state index >= 15 is 0 Å². The lowest BCUT2D eigenvalue weighted by Crippen LogP contribution is -2.38. The Morgan fingerprint density at radius 2 is 1.58 bits per heavy atom. The average molecular weight is 358 g/mol. The molecule has 0 aromatic heterocycles. The topological polar surface area (TPSA) is 68.8 Å². The molecule has 0 saturated carbocycles. The van der Waals surface area contributed by atoms with Gasteiger partial charge in [-0.1, -0.05) is 26.0 Å². The third-order valence-corrected chi connectivity index (χ3v) is 4.20. The van der Waals surface area contributed by atoms with E-state index in [0.29, 0.717) is 23.7 Å². The predicted octanol–water partition coefficient (Wildman–Crippen LogP) is 3.81. The van der Waals surface area contributed by atoms with Gasteiger partial charge in [-0.2, -0.15) is 0 Å². The molecule has 0 saturated heterocycles. The Kier molecular flexibility index (Phi) is 6.33. The van der Waals surface area contributed by atoms with Crippen LogP contribution in [0.4, 0.5) is 10.5 Å². The summed E-state index contributed by atoms with van der Waals surface area (Å²) in [6, 6.07) is 12.8. The van der Waals surface area contributed by atoms with Gasteiger partial charge in [0.05, 0.1) is 21.3 Å². The second kappa shape index (κ2) is 8.47. The highest BCUT2D eigenvalue weighted by molar-refractivity contribution is 5.89. The van der Waals surface area contributed by atoms with Crippen LogP contribution in [0.25, 0.3) is 0 Å². The van der Waals surface area contributed by atoms with Crippen molar-refractivity contribution >= 4 is 11.7 Å². The van der Waals surface area contributed by atoms with Crippen molar-refractivity contribution in [3.05, 3.63) is 48.0 Å². The molecule has 26 heavy (non-hydrogen) atoms. The summed E-state index contributed by atoms with van der Waals surface area (Å²) < 4.78 is 15.6. The normalized spacial score (nSPS) is 10.8. The number of nitrogens with one attached hydrogen (secondary N) is 2. The van der Waals surface area contributed by atoms with Crippen molar-refractivity contribution in [2.45, 2.75) is 19.3 Å². The van der Waals surface area contributed by atoms with Crippen LogP contribution < -0.4 is 24.8 Å². The highest BCUT2D eigenvalue weighted by Gasteiger charge is 2.21. The zero-order valence-corrected chi connectivity index (χ0v) is 15.9. The molecule has 2 amide bonds. The summed E-state index contributed by atoms with van der Waals surface area (Å²) in [6.45, 7) is 4.63. The first-order chi connectivity index (χ1) is 12.4. The highest BCUT2D eigenvalue weighted by atomic mass is 16.5. The Morgan fingerprint density at radius 1 is 0.923 bits per heavy atom. The Labute approximate surface area is 154 Å². The molecule has 0 aliphatic heterocycles. The van der Waals surface area contributed by atoms with E-state index in [1.807, 2.05) is 24.3 Å². The molecule has 0 atom stereocenters. The SMILES string of the molecule is COc1ccc(C(C)(C)CNC(=O)Nc2ccc(OC)c(OC)c2)cc1. The number of rotatable bonds is 7. The Morgan fingerprint density at radius 3 is 2.15 bits per heavy atom. The molecular formula is C20H26N2O4. The first-order valence-corrected chi connectivity index (χ1v) is 8.31. The summed E-state index contributed by atoms with van der Waals surface area (Å²) in [5.74, 6) is 1.98. The minimum Gasteiger partial charge on any atom is -0.497 e. The third-order valence-electron chi connectivity index (χ3n) is 4.20. The average Bonchev–Trinajstić information content (AvgIpc) is 2.66. The van der Waals surface area contributed by atoms with Gasteiger partial charge in [0.25, 0.3) is 0 Å². The van der Waals surface area contributed by atoms with E-state index in [2.05, 4.69) is 24.5 Å². The van der Waals surface area contributed by atoms with Crippen LogP contribution in [0.2, 0.25) is 0 Å². The van der Waals surface area contributed by atoms with Gasteiger partial charge < -0.3 is 24.8 Å². The molecule has 2 aromatic carbocycles. The molecule has 6 heteroatoms. The van der Waals surface area contributed by atoms with E-state index in [9.17, 15) is 4.79 Å². The smallest absolute Gasteiger partial charge is 0.319 e. The third kappa shape index (κ3) is 4.81. The minimum atomic E-state index is -0.279. The summed E-state index contributed by atoms with van der Waals surface area (Å²) in [4.78, 5) is 12.2. The number of anilines is 1. The molecule has 140 valence electrons. The largest absolute Gasteiger partial charge is 0.497 e. The molecule has 0 fully saturated rings. The van der Waals surface area contributed by atoms with Crippen molar-refractivity contribution in [2.75, 3.05) is 33.2 Å². The first kappa shape index (κ1) is 19.4. The molecule has 2 rings (SSSR count). The maximum absolute atomic E-state index is 12.2. The van der Waals surface area contributed by atoms with Crippen molar-refractivity contribution in [3.63, 3.8) is 0 Å². The number of ether oxygens (including phenoxy) is 3. The fourth-order valence-electron chi connectivity index (χ4n) is 2.53. The second-order valence-electron chi connectivity index (χ2n) is 6.49. The van der Waals surface area contributed by atoms with E-state index in [0.717, 1.165) is 11.3 Å². The number of carbonyl (C=O) groups is 1. The lowest BCUT2D eigenvalue weighted by Gasteiger charge is -2.26. The van der Waals surface area contributed by atoms with Crippen molar-refractivity contribution in [1.29, 1.82) is 0 Å². The van der Waals surface area contributed by atoms with Gasteiger partial charge in [0.1, 0.15) is 5.75 Å². The van der Waals surface area contributed by atoms with Gasteiger partial charge in [-0.3, -0.25) is 0 Å². The summed E-state index contributed by atoms with van der Waals surface area (Å²) in [5, 5.41) is 5.72. The molecule has 0 aliphatic rings.